The Morgan fingerprint density at radius 2 is 1.37 bits per heavy atom. The quantitative estimate of drug-likeness (QED) is 0.446. The molecule has 2 aromatic carbocycles. The van der Waals surface area contributed by atoms with Crippen molar-refractivity contribution in [3.63, 3.8) is 0 Å². The molecular weight excluding hydrogens is 256 g/mol. The number of halogens is 1. The van der Waals surface area contributed by atoms with Gasteiger partial charge in [0.1, 0.15) is 0 Å². The maximum atomic E-state index is 11.8. The van der Waals surface area contributed by atoms with Gasteiger partial charge in [0.05, 0.1) is 0 Å². The first-order valence-corrected chi connectivity index (χ1v) is 6.34. The van der Waals surface area contributed by atoms with E-state index in [4.69, 9.17) is 11.6 Å². The third-order valence-electron chi connectivity index (χ3n) is 2.60. The highest BCUT2D eigenvalue weighted by Gasteiger charge is 1.98. The summed E-state index contributed by atoms with van der Waals surface area (Å²) >= 11 is 6.13. The van der Waals surface area contributed by atoms with Crippen LogP contribution in [0.15, 0.2) is 78.9 Å². The number of carbonyl (C=O) groups excluding carboxylic acids is 1. The summed E-state index contributed by atoms with van der Waals surface area (Å²) in [5, 5.41) is 0.609. The zero-order valence-electron chi connectivity index (χ0n) is 10.3. The Kier molecular flexibility index (Phi) is 4.71. The van der Waals surface area contributed by atoms with E-state index in [0.717, 1.165) is 5.56 Å². The van der Waals surface area contributed by atoms with Gasteiger partial charge in [0.15, 0.2) is 5.78 Å². The molecule has 0 aliphatic carbocycles. The number of hydrogen-bond donors (Lipinski definition) is 0. The van der Waals surface area contributed by atoms with Gasteiger partial charge in [-0.2, -0.15) is 0 Å². The van der Waals surface area contributed by atoms with E-state index in [2.05, 4.69) is 0 Å². The van der Waals surface area contributed by atoms with Gasteiger partial charge in [-0.25, -0.2) is 0 Å². The van der Waals surface area contributed by atoms with Crippen LogP contribution in [0.3, 0.4) is 0 Å². The summed E-state index contributed by atoms with van der Waals surface area (Å²) < 4.78 is 0. The highest BCUT2D eigenvalue weighted by molar-refractivity contribution is 6.48. The Bertz CT molecular complexity index is 598. The van der Waals surface area contributed by atoms with Crippen LogP contribution >= 0.6 is 11.6 Å². The number of ketones is 1. The minimum absolute atomic E-state index is 0.0330. The fourth-order valence-corrected chi connectivity index (χ4v) is 1.81. The number of hydrogen-bond acceptors (Lipinski definition) is 1. The van der Waals surface area contributed by atoms with Gasteiger partial charge in [-0.05, 0) is 17.7 Å². The topological polar surface area (TPSA) is 17.1 Å². The normalized spacial score (nSPS) is 11.7. The van der Waals surface area contributed by atoms with Gasteiger partial charge in [-0.15, -0.1) is 0 Å². The first-order valence-electron chi connectivity index (χ1n) is 5.96. The zero-order chi connectivity index (χ0) is 13.5. The largest absolute Gasteiger partial charge is 0.289 e. The van der Waals surface area contributed by atoms with Crippen LogP contribution < -0.4 is 0 Å². The molecule has 0 aliphatic rings. The highest BCUT2D eigenvalue weighted by Crippen LogP contribution is 2.18. The van der Waals surface area contributed by atoms with Crippen molar-refractivity contribution in [2.24, 2.45) is 0 Å². The first kappa shape index (κ1) is 13.3. The van der Waals surface area contributed by atoms with Gasteiger partial charge in [0.25, 0.3) is 0 Å². The molecule has 0 amide bonds. The maximum Gasteiger partial charge on any atom is 0.185 e. The lowest BCUT2D eigenvalue weighted by Gasteiger charge is -1.96. The lowest BCUT2D eigenvalue weighted by atomic mass is 10.1. The van der Waals surface area contributed by atoms with Crippen LogP contribution in [0.5, 0.6) is 0 Å². The minimum Gasteiger partial charge on any atom is -0.289 e. The number of benzene rings is 2. The van der Waals surface area contributed by atoms with Crippen molar-refractivity contribution in [3.8, 4) is 0 Å². The molecule has 0 unspecified atom stereocenters. The van der Waals surface area contributed by atoms with Gasteiger partial charge < -0.3 is 0 Å². The Labute approximate surface area is 117 Å². The second-order valence-electron chi connectivity index (χ2n) is 3.97. The molecule has 0 aliphatic heterocycles. The summed E-state index contributed by atoms with van der Waals surface area (Å²) in [7, 11) is 0. The summed E-state index contributed by atoms with van der Waals surface area (Å²) in [5.41, 5.74) is 1.60. The second kappa shape index (κ2) is 6.72. The molecule has 94 valence electrons. The van der Waals surface area contributed by atoms with Gasteiger partial charge in [0.2, 0.25) is 0 Å². The summed E-state index contributed by atoms with van der Waals surface area (Å²) in [6, 6.07) is 18.8. The van der Waals surface area contributed by atoms with Crippen LogP contribution in [0.25, 0.3) is 5.03 Å². The van der Waals surface area contributed by atoms with Crippen molar-refractivity contribution in [1.29, 1.82) is 0 Å². The Balaban J connectivity index is 2.06. The molecule has 2 heteroatoms. The molecule has 0 atom stereocenters. The molecule has 19 heavy (non-hydrogen) atoms. The molecule has 1 nitrogen and oxygen atoms in total. The van der Waals surface area contributed by atoms with E-state index in [9.17, 15) is 4.79 Å². The van der Waals surface area contributed by atoms with Gasteiger partial charge in [-0.1, -0.05) is 78.3 Å². The van der Waals surface area contributed by atoms with E-state index < -0.39 is 0 Å². The van der Waals surface area contributed by atoms with E-state index in [1.807, 2.05) is 48.5 Å². The molecule has 0 N–H and O–H groups in total. The third kappa shape index (κ3) is 3.94. The van der Waals surface area contributed by atoms with Crippen molar-refractivity contribution >= 4 is 22.4 Å². The monoisotopic (exact) mass is 268 g/mol. The van der Waals surface area contributed by atoms with Crippen molar-refractivity contribution < 1.29 is 4.79 Å². The second-order valence-corrected chi connectivity index (χ2v) is 4.38. The average molecular weight is 269 g/mol. The Hall–Kier alpha value is -2.12. The first-order chi connectivity index (χ1) is 9.27. The standard InChI is InChI=1S/C17H13ClO/c18-16(14-8-3-1-4-9-14)12-7-13-17(19)15-10-5-2-6-11-15/h1-13H/b13-7-,16-12-. The molecule has 0 spiro atoms. The van der Waals surface area contributed by atoms with Gasteiger partial charge >= 0.3 is 0 Å². The smallest absolute Gasteiger partial charge is 0.185 e. The predicted molar refractivity (Wildman–Crippen MR) is 80.2 cm³/mol. The highest BCUT2D eigenvalue weighted by atomic mass is 35.5. The Morgan fingerprint density at radius 3 is 1.95 bits per heavy atom. The Morgan fingerprint density at radius 1 is 0.842 bits per heavy atom. The summed E-state index contributed by atoms with van der Waals surface area (Å²) in [6.45, 7) is 0. The molecule has 0 radical (unpaired) electrons. The van der Waals surface area contributed by atoms with Crippen LogP contribution in [0, 0.1) is 0 Å². The summed E-state index contributed by atoms with van der Waals surface area (Å²) in [6.07, 6.45) is 4.91. The van der Waals surface area contributed by atoms with Gasteiger partial charge in [-0.3, -0.25) is 4.79 Å². The summed E-state index contributed by atoms with van der Waals surface area (Å²) in [4.78, 5) is 11.8. The molecule has 0 aromatic heterocycles. The zero-order valence-corrected chi connectivity index (χ0v) is 11.0. The number of rotatable bonds is 4. The van der Waals surface area contributed by atoms with Crippen molar-refractivity contribution in [2.45, 2.75) is 0 Å². The fourth-order valence-electron chi connectivity index (χ4n) is 1.61. The molecule has 0 saturated heterocycles. The van der Waals surface area contributed by atoms with Crippen molar-refractivity contribution in [3.05, 3.63) is 90.0 Å². The predicted octanol–water partition coefficient (Wildman–Crippen LogP) is 4.71. The fraction of sp³-hybridized carbons (Fsp3) is 0. The minimum atomic E-state index is -0.0330. The van der Waals surface area contributed by atoms with Crippen LogP contribution in [0.4, 0.5) is 0 Å². The van der Waals surface area contributed by atoms with E-state index in [-0.39, 0.29) is 5.78 Å². The summed E-state index contributed by atoms with van der Waals surface area (Å²) in [5.74, 6) is -0.0330. The molecule has 0 bridgehead atoms. The van der Waals surface area contributed by atoms with Crippen LogP contribution in [0.1, 0.15) is 15.9 Å². The van der Waals surface area contributed by atoms with E-state index in [1.54, 1.807) is 24.3 Å². The lowest BCUT2D eigenvalue weighted by molar-refractivity contribution is 0.104. The molecule has 0 saturated carbocycles. The number of carbonyl (C=O) groups is 1. The molecule has 0 fully saturated rings. The SMILES string of the molecule is O=C(/C=C\C=C(/Cl)c1ccccc1)c1ccccc1. The van der Waals surface area contributed by atoms with E-state index in [1.165, 1.54) is 6.08 Å². The average Bonchev–Trinajstić information content (AvgIpc) is 2.49. The van der Waals surface area contributed by atoms with Crippen molar-refractivity contribution in [2.75, 3.05) is 0 Å². The molecule has 2 rings (SSSR count). The van der Waals surface area contributed by atoms with E-state index in [0.29, 0.717) is 10.6 Å². The maximum absolute atomic E-state index is 11.8. The molecule has 0 heterocycles. The number of allylic oxidation sites excluding steroid dienone is 3. The molecule has 2 aromatic rings. The lowest BCUT2D eigenvalue weighted by Crippen LogP contribution is -1.92. The van der Waals surface area contributed by atoms with Crippen LogP contribution in [-0.4, -0.2) is 5.78 Å². The van der Waals surface area contributed by atoms with Gasteiger partial charge in [0, 0.05) is 10.6 Å². The third-order valence-corrected chi connectivity index (χ3v) is 2.94. The van der Waals surface area contributed by atoms with Crippen molar-refractivity contribution in [1.82, 2.24) is 0 Å². The van der Waals surface area contributed by atoms with Crippen LogP contribution in [-0.2, 0) is 0 Å². The van der Waals surface area contributed by atoms with Crippen LogP contribution in [0.2, 0.25) is 0 Å². The van der Waals surface area contributed by atoms with E-state index >= 15 is 0 Å². The molecular formula is C17H13ClO.